The Morgan fingerprint density at radius 2 is 2.06 bits per heavy atom. The summed E-state index contributed by atoms with van der Waals surface area (Å²) in [6, 6.07) is 8.10. The summed E-state index contributed by atoms with van der Waals surface area (Å²) in [7, 11) is 0. The molecule has 1 atom stereocenters. The van der Waals surface area contributed by atoms with E-state index in [0.29, 0.717) is 13.0 Å². The number of hydrogen-bond acceptors (Lipinski definition) is 2. The molecule has 1 aromatic rings. The van der Waals surface area contributed by atoms with Crippen LogP contribution < -0.4 is 0 Å². The number of halogens is 1. The van der Waals surface area contributed by atoms with Crippen molar-refractivity contribution in [2.24, 2.45) is 0 Å². The number of rotatable bonds is 5. The molecule has 0 amide bonds. The van der Waals surface area contributed by atoms with Crippen LogP contribution in [-0.2, 0) is 4.74 Å². The van der Waals surface area contributed by atoms with Gasteiger partial charge in [0.1, 0.15) is 0 Å². The number of benzene rings is 1. The summed E-state index contributed by atoms with van der Waals surface area (Å²) in [5, 5.41) is 9.41. The lowest BCUT2D eigenvalue weighted by molar-refractivity contribution is -0.0910. The number of hydrogen-bond donors (Lipinski definition) is 1. The summed E-state index contributed by atoms with van der Waals surface area (Å²) < 4.78 is 6.12. The highest BCUT2D eigenvalue weighted by atomic mass is 79.9. The van der Waals surface area contributed by atoms with Crippen LogP contribution in [0.15, 0.2) is 34.8 Å². The van der Waals surface area contributed by atoms with Gasteiger partial charge in [0, 0.05) is 17.5 Å². The first-order valence-electron chi connectivity index (χ1n) is 5.36. The molecule has 1 N–H and O–H groups in total. The van der Waals surface area contributed by atoms with Crippen LogP contribution >= 0.6 is 15.9 Å². The fraction of sp³-hybridized carbons (Fsp3) is 0.385. The zero-order valence-corrected chi connectivity index (χ0v) is 11.2. The molecule has 0 spiro atoms. The second kappa shape index (κ2) is 6.84. The van der Waals surface area contributed by atoms with Gasteiger partial charge in [-0.05, 0) is 37.1 Å². The molecule has 2 nitrogen and oxygen atoms in total. The van der Waals surface area contributed by atoms with E-state index in [0.717, 1.165) is 15.6 Å². The van der Waals surface area contributed by atoms with Gasteiger partial charge in [-0.2, -0.15) is 0 Å². The third kappa shape index (κ3) is 4.47. The Hall–Kier alpha value is -0.640. The summed E-state index contributed by atoms with van der Waals surface area (Å²) in [4.78, 5) is 0. The van der Waals surface area contributed by atoms with E-state index in [1.54, 1.807) is 0 Å². The van der Waals surface area contributed by atoms with Crippen LogP contribution in [0.5, 0.6) is 0 Å². The minimum Gasteiger partial charge on any atom is -0.368 e. The molecule has 0 fully saturated rings. The average molecular weight is 285 g/mol. The fourth-order valence-corrected chi connectivity index (χ4v) is 1.63. The van der Waals surface area contributed by atoms with Gasteiger partial charge >= 0.3 is 0 Å². The lowest BCUT2D eigenvalue weighted by Crippen LogP contribution is -2.09. The van der Waals surface area contributed by atoms with Gasteiger partial charge < -0.3 is 9.84 Å². The standard InChI is InChI=1S/C13H17BrO2/c1-3-16-13(15)9-4-10(2)11-5-7-12(14)8-6-11/h4-8,13,15H,3,9H2,1-2H3/b10-4-. The van der Waals surface area contributed by atoms with Crippen molar-refractivity contribution in [2.45, 2.75) is 26.6 Å². The number of ether oxygens (including phenoxy) is 1. The van der Waals surface area contributed by atoms with E-state index in [1.807, 2.05) is 44.2 Å². The Labute approximate surface area is 105 Å². The quantitative estimate of drug-likeness (QED) is 0.838. The van der Waals surface area contributed by atoms with Crippen molar-refractivity contribution in [3.63, 3.8) is 0 Å². The summed E-state index contributed by atoms with van der Waals surface area (Å²) in [6.07, 6.45) is 1.81. The van der Waals surface area contributed by atoms with Gasteiger partial charge in [0.05, 0.1) is 0 Å². The molecule has 0 saturated carbocycles. The monoisotopic (exact) mass is 284 g/mol. The molecular formula is C13H17BrO2. The molecule has 1 rings (SSSR count). The summed E-state index contributed by atoms with van der Waals surface area (Å²) >= 11 is 3.40. The summed E-state index contributed by atoms with van der Waals surface area (Å²) in [5.41, 5.74) is 2.30. The number of allylic oxidation sites excluding steroid dienone is 1. The third-order valence-electron chi connectivity index (χ3n) is 2.28. The Kier molecular flexibility index (Phi) is 5.74. The Morgan fingerprint density at radius 3 is 2.62 bits per heavy atom. The molecule has 0 bridgehead atoms. The molecule has 0 heterocycles. The normalized spacial score (nSPS) is 13.9. The highest BCUT2D eigenvalue weighted by Gasteiger charge is 2.01. The van der Waals surface area contributed by atoms with Gasteiger partial charge in [0.25, 0.3) is 0 Å². The molecular weight excluding hydrogens is 268 g/mol. The zero-order valence-electron chi connectivity index (χ0n) is 9.61. The van der Waals surface area contributed by atoms with Crippen LogP contribution in [0.3, 0.4) is 0 Å². The highest BCUT2D eigenvalue weighted by Crippen LogP contribution is 2.18. The van der Waals surface area contributed by atoms with E-state index >= 15 is 0 Å². The maximum absolute atomic E-state index is 9.41. The van der Waals surface area contributed by atoms with Crippen LogP contribution in [0.1, 0.15) is 25.8 Å². The number of aliphatic hydroxyl groups excluding tert-OH is 1. The second-order valence-corrected chi connectivity index (χ2v) is 4.46. The minimum absolute atomic E-state index is 0.524. The van der Waals surface area contributed by atoms with Crippen molar-refractivity contribution >= 4 is 21.5 Å². The van der Waals surface area contributed by atoms with Crippen molar-refractivity contribution in [2.75, 3.05) is 6.61 Å². The van der Waals surface area contributed by atoms with Crippen LogP contribution in [-0.4, -0.2) is 18.0 Å². The number of aliphatic hydroxyl groups is 1. The maximum Gasteiger partial charge on any atom is 0.157 e. The van der Waals surface area contributed by atoms with Crippen molar-refractivity contribution in [3.05, 3.63) is 40.4 Å². The molecule has 0 saturated heterocycles. The molecule has 88 valence electrons. The molecule has 0 aliphatic carbocycles. The van der Waals surface area contributed by atoms with Gasteiger partial charge in [-0.1, -0.05) is 34.1 Å². The first kappa shape index (κ1) is 13.4. The van der Waals surface area contributed by atoms with Crippen molar-refractivity contribution in [1.82, 2.24) is 0 Å². The topological polar surface area (TPSA) is 29.5 Å². The van der Waals surface area contributed by atoms with E-state index < -0.39 is 6.29 Å². The minimum atomic E-state index is -0.699. The van der Waals surface area contributed by atoms with Gasteiger partial charge in [0.15, 0.2) is 6.29 Å². The van der Waals surface area contributed by atoms with Crippen LogP contribution in [0.4, 0.5) is 0 Å². The second-order valence-electron chi connectivity index (χ2n) is 3.54. The van der Waals surface area contributed by atoms with E-state index in [9.17, 15) is 5.11 Å². The lowest BCUT2D eigenvalue weighted by Gasteiger charge is -2.08. The Balaban J connectivity index is 2.59. The van der Waals surface area contributed by atoms with Crippen molar-refractivity contribution in [1.29, 1.82) is 0 Å². The van der Waals surface area contributed by atoms with Gasteiger partial charge in [0.2, 0.25) is 0 Å². The Bertz CT molecular complexity index is 343. The summed E-state index contributed by atoms with van der Waals surface area (Å²) in [6.45, 7) is 4.43. The van der Waals surface area contributed by atoms with Crippen molar-refractivity contribution in [3.8, 4) is 0 Å². The molecule has 0 aliphatic heterocycles. The van der Waals surface area contributed by atoms with Crippen molar-refractivity contribution < 1.29 is 9.84 Å². The first-order chi connectivity index (χ1) is 7.63. The SMILES string of the molecule is CCOC(O)C/C=C(/C)c1ccc(Br)cc1. The largest absolute Gasteiger partial charge is 0.368 e. The maximum atomic E-state index is 9.41. The van der Waals surface area contributed by atoms with E-state index in [-0.39, 0.29) is 0 Å². The lowest BCUT2D eigenvalue weighted by atomic mass is 10.1. The van der Waals surface area contributed by atoms with Gasteiger partial charge in [-0.15, -0.1) is 0 Å². The molecule has 1 aromatic carbocycles. The molecule has 0 radical (unpaired) electrons. The van der Waals surface area contributed by atoms with Crippen LogP contribution in [0.2, 0.25) is 0 Å². The first-order valence-corrected chi connectivity index (χ1v) is 6.15. The smallest absolute Gasteiger partial charge is 0.157 e. The van der Waals surface area contributed by atoms with E-state index in [1.165, 1.54) is 0 Å². The van der Waals surface area contributed by atoms with Gasteiger partial charge in [-0.3, -0.25) is 0 Å². The fourth-order valence-electron chi connectivity index (χ4n) is 1.37. The molecule has 16 heavy (non-hydrogen) atoms. The molecule has 1 unspecified atom stereocenters. The molecule has 0 aliphatic rings. The molecule has 3 heteroatoms. The van der Waals surface area contributed by atoms with Gasteiger partial charge in [-0.25, -0.2) is 0 Å². The third-order valence-corrected chi connectivity index (χ3v) is 2.81. The van der Waals surface area contributed by atoms with E-state index in [4.69, 9.17) is 4.74 Å². The predicted octanol–water partition coefficient (Wildman–Crippen LogP) is 3.60. The summed E-state index contributed by atoms with van der Waals surface area (Å²) in [5.74, 6) is 0. The van der Waals surface area contributed by atoms with Crippen LogP contribution in [0.25, 0.3) is 5.57 Å². The predicted molar refractivity (Wildman–Crippen MR) is 70.0 cm³/mol. The molecule has 0 aromatic heterocycles. The van der Waals surface area contributed by atoms with E-state index in [2.05, 4.69) is 15.9 Å². The average Bonchev–Trinajstić information content (AvgIpc) is 2.27. The highest BCUT2D eigenvalue weighted by molar-refractivity contribution is 9.10. The Morgan fingerprint density at radius 1 is 1.44 bits per heavy atom. The van der Waals surface area contributed by atoms with Crippen LogP contribution in [0, 0.1) is 0 Å². The zero-order chi connectivity index (χ0) is 12.0.